The number of hydrogen-bond donors (Lipinski definition) is 0. The lowest BCUT2D eigenvalue weighted by molar-refractivity contribution is 1.23. The first-order valence-electron chi connectivity index (χ1n) is 4.58. The van der Waals surface area contributed by atoms with Gasteiger partial charge in [-0.2, -0.15) is 0 Å². The fourth-order valence-corrected chi connectivity index (χ4v) is 4.01. The van der Waals surface area contributed by atoms with Gasteiger partial charge in [-0.25, -0.2) is 4.98 Å². The predicted molar refractivity (Wildman–Crippen MR) is 80.1 cm³/mol. The van der Waals surface area contributed by atoms with Crippen LogP contribution in [0.4, 0.5) is 0 Å². The minimum absolute atomic E-state index is 1.03. The van der Waals surface area contributed by atoms with Gasteiger partial charge in [-0.3, -0.25) is 0 Å². The summed E-state index contributed by atoms with van der Waals surface area (Å²) >= 11 is 12.3. The van der Waals surface area contributed by atoms with Gasteiger partial charge in [0.15, 0.2) is 0 Å². The van der Waals surface area contributed by atoms with Crippen molar-refractivity contribution >= 4 is 59.1 Å². The molecule has 0 bridgehead atoms. The standard InChI is InChI=1S/C11H8Br3NS/c1-5-6(2)16-11(15-5)8-3-7(12)4-9(13)10(8)14/h3-4H,1-2H3. The van der Waals surface area contributed by atoms with Crippen LogP contribution in [-0.2, 0) is 0 Å². The molecule has 0 saturated heterocycles. The van der Waals surface area contributed by atoms with Gasteiger partial charge in [-0.05, 0) is 57.8 Å². The maximum atomic E-state index is 4.57. The summed E-state index contributed by atoms with van der Waals surface area (Å²) in [7, 11) is 0. The highest BCUT2D eigenvalue weighted by Crippen LogP contribution is 2.39. The van der Waals surface area contributed by atoms with Crippen molar-refractivity contribution in [3.63, 3.8) is 0 Å². The van der Waals surface area contributed by atoms with Gasteiger partial charge in [-0.15, -0.1) is 11.3 Å². The van der Waals surface area contributed by atoms with Crippen LogP contribution in [0.15, 0.2) is 25.6 Å². The van der Waals surface area contributed by atoms with Crippen LogP contribution >= 0.6 is 59.1 Å². The molecule has 1 aromatic carbocycles. The second-order valence-corrected chi connectivity index (χ2v) is 7.18. The Hall–Kier alpha value is 0.290. The van der Waals surface area contributed by atoms with E-state index in [0.29, 0.717) is 0 Å². The Morgan fingerprint density at radius 3 is 2.38 bits per heavy atom. The Labute approximate surface area is 124 Å². The van der Waals surface area contributed by atoms with Crippen LogP contribution in [0, 0.1) is 13.8 Å². The van der Waals surface area contributed by atoms with E-state index in [9.17, 15) is 0 Å². The molecule has 2 aromatic rings. The fraction of sp³-hybridized carbons (Fsp3) is 0.182. The summed E-state index contributed by atoms with van der Waals surface area (Å²) in [6.07, 6.45) is 0. The number of thiazole rings is 1. The van der Waals surface area contributed by atoms with E-state index in [1.54, 1.807) is 11.3 Å². The van der Waals surface area contributed by atoms with E-state index < -0.39 is 0 Å². The van der Waals surface area contributed by atoms with Gasteiger partial charge in [0.05, 0.1) is 5.69 Å². The van der Waals surface area contributed by atoms with Crippen LogP contribution in [0.5, 0.6) is 0 Å². The lowest BCUT2D eigenvalue weighted by Gasteiger charge is -2.04. The molecule has 0 N–H and O–H groups in total. The molecule has 1 aromatic heterocycles. The zero-order chi connectivity index (χ0) is 11.9. The second kappa shape index (κ2) is 4.88. The number of halogens is 3. The van der Waals surface area contributed by atoms with Crippen molar-refractivity contribution in [3.8, 4) is 10.6 Å². The van der Waals surface area contributed by atoms with E-state index in [2.05, 4.69) is 65.8 Å². The second-order valence-electron chi connectivity index (χ2n) is 3.41. The summed E-state index contributed by atoms with van der Waals surface area (Å²) in [6, 6.07) is 4.09. The van der Waals surface area contributed by atoms with Crippen LogP contribution in [0.1, 0.15) is 10.6 Å². The maximum absolute atomic E-state index is 4.57. The molecule has 0 aliphatic rings. The smallest absolute Gasteiger partial charge is 0.125 e. The molecule has 0 radical (unpaired) electrons. The van der Waals surface area contributed by atoms with Gasteiger partial charge in [0.25, 0.3) is 0 Å². The lowest BCUT2D eigenvalue weighted by atomic mass is 10.2. The maximum Gasteiger partial charge on any atom is 0.125 e. The van der Waals surface area contributed by atoms with Gasteiger partial charge >= 0.3 is 0 Å². The number of hydrogen-bond acceptors (Lipinski definition) is 2. The number of aryl methyl sites for hydroxylation is 2. The molecular formula is C11H8Br3NS. The quantitative estimate of drug-likeness (QED) is 0.533. The highest BCUT2D eigenvalue weighted by atomic mass is 79.9. The first kappa shape index (κ1) is 12.7. The van der Waals surface area contributed by atoms with Crippen molar-refractivity contribution in [2.24, 2.45) is 0 Å². The zero-order valence-corrected chi connectivity index (χ0v) is 14.2. The predicted octanol–water partition coefficient (Wildman–Crippen LogP) is 5.71. The largest absolute Gasteiger partial charge is 0.241 e. The van der Waals surface area contributed by atoms with E-state index in [-0.39, 0.29) is 0 Å². The highest BCUT2D eigenvalue weighted by molar-refractivity contribution is 9.13. The van der Waals surface area contributed by atoms with E-state index in [1.165, 1.54) is 4.88 Å². The van der Waals surface area contributed by atoms with Crippen LogP contribution in [0.2, 0.25) is 0 Å². The molecule has 0 atom stereocenters. The lowest BCUT2D eigenvalue weighted by Crippen LogP contribution is -1.82. The van der Waals surface area contributed by atoms with Crippen molar-refractivity contribution in [1.82, 2.24) is 4.98 Å². The molecule has 2 rings (SSSR count). The molecule has 84 valence electrons. The van der Waals surface area contributed by atoms with Crippen LogP contribution in [0.25, 0.3) is 10.6 Å². The summed E-state index contributed by atoms with van der Waals surface area (Å²) in [6.45, 7) is 4.13. The Morgan fingerprint density at radius 1 is 1.12 bits per heavy atom. The van der Waals surface area contributed by atoms with Gasteiger partial charge in [0.2, 0.25) is 0 Å². The van der Waals surface area contributed by atoms with Gasteiger partial charge in [0, 0.05) is 23.9 Å². The molecule has 5 heteroatoms. The molecule has 1 heterocycles. The molecule has 0 amide bonds. The number of rotatable bonds is 1. The van der Waals surface area contributed by atoms with Crippen molar-refractivity contribution in [2.45, 2.75) is 13.8 Å². The summed E-state index contributed by atoms with van der Waals surface area (Å²) in [5, 5.41) is 1.05. The third kappa shape index (κ3) is 2.42. The SMILES string of the molecule is Cc1nc(-c2cc(Br)cc(Br)c2Br)sc1C. The minimum atomic E-state index is 1.03. The molecule has 16 heavy (non-hydrogen) atoms. The van der Waals surface area contributed by atoms with Crippen LogP contribution in [0.3, 0.4) is 0 Å². The van der Waals surface area contributed by atoms with E-state index in [1.807, 2.05) is 13.0 Å². The topological polar surface area (TPSA) is 12.9 Å². The monoisotopic (exact) mass is 423 g/mol. The highest BCUT2D eigenvalue weighted by Gasteiger charge is 2.12. The molecular weight excluding hydrogens is 418 g/mol. The summed E-state index contributed by atoms with van der Waals surface area (Å²) in [5.41, 5.74) is 2.21. The third-order valence-corrected chi connectivity index (χ3v) is 5.83. The van der Waals surface area contributed by atoms with Crippen molar-refractivity contribution in [2.75, 3.05) is 0 Å². The van der Waals surface area contributed by atoms with Crippen LogP contribution < -0.4 is 0 Å². The van der Waals surface area contributed by atoms with Crippen LogP contribution in [-0.4, -0.2) is 4.98 Å². The third-order valence-electron chi connectivity index (χ3n) is 2.25. The van der Waals surface area contributed by atoms with E-state index >= 15 is 0 Å². The molecule has 1 nitrogen and oxygen atoms in total. The Balaban J connectivity index is 2.63. The average molecular weight is 426 g/mol. The van der Waals surface area contributed by atoms with E-state index in [0.717, 1.165) is 29.7 Å². The zero-order valence-electron chi connectivity index (χ0n) is 8.64. The summed E-state index contributed by atoms with van der Waals surface area (Å²) in [4.78, 5) is 5.83. The number of nitrogens with zero attached hydrogens (tertiary/aromatic N) is 1. The molecule has 0 fully saturated rings. The first-order valence-corrected chi connectivity index (χ1v) is 7.77. The van der Waals surface area contributed by atoms with Gasteiger partial charge in [0.1, 0.15) is 5.01 Å². The molecule has 0 aliphatic heterocycles. The van der Waals surface area contributed by atoms with Crippen molar-refractivity contribution in [1.29, 1.82) is 0 Å². The first-order chi connectivity index (χ1) is 7.49. The van der Waals surface area contributed by atoms with Gasteiger partial charge in [-0.1, -0.05) is 15.9 Å². The Morgan fingerprint density at radius 2 is 1.81 bits per heavy atom. The van der Waals surface area contributed by atoms with Crippen molar-refractivity contribution < 1.29 is 0 Å². The Kier molecular flexibility index (Phi) is 3.89. The minimum Gasteiger partial charge on any atom is -0.241 e. The summed E-state index contributed by atoms with van der Waals surface area (Å²) in [5.74, 6) is 0. The molecule has 0 aliphatic carbocycles. The molecule has 0 spiro atoms. The van der Waals surface area contributed by atoms with Gasteiger partial charge < -0.3 is 0 Å². The Bertz CT molecular complexity index is 529. The number of aromatic nitrogens is 1. The molecule has 0 saturated carbocycles. The summed E-state index contributed by atoms with van der Waals surface area (Å²) < 4.78 is 3.12. The van der Waals surface area contributed by atoms with E-state index in [4.69, 9.17) is 0 Å². The average Bonchev–Trinajstić information content (AvgIpc) is 2.53. The molecule has 0 unspecified atom stereocenters. The normalized spacial score (nSPS) is 10.8. The number of benzene rings is 1. The fourth-order valence-electron chi connectivity index (χ4n) is 1.30. The van der Waals surface area contributed by atoms with Crippen molar-refractivity contribution in [3.05, 3.63) is 36.1 Å².